The van der Waals surface area contributed by atoms with Gasteiger partial charge < -0.3 is 0 Å². The molecule has 26 heavy (non-hydrogen) atoms. The maximum atomic E-state index is 2.00. The zero-order valence-electron chi connectivity index (χ0n) is 14.3. The first-order valence-electron chi connectivity index (χ1n) is 8.00. The molecule has 0 aliphatic carbocycles. The lowest BCUT2D eigenvalue weighted by molar-refractivity contribution is 1.72. The Morgan fingerprint density at radius 3 is 0.231 bits per heavy atom. The molecule has 4 rings (SSSR count). The SMILES string of the molecule is Br.C.c1ccccc1.c1ccccc1.c1ccccc1.c1ccccc1. The molecule has 0 spiro atoms. The summed E-state index contributed by atoms with van der Waals surface area (Å²) in [7, 11) is 0. The van der Waals surface area contributed by atoms with Crippen molar-refractivity contribution in [3.05, 3.63) is 146 Å². The predicted octanol–water partition coefficient (Wildman–Crippen LogP) is 7.96. The van der Waals surface area contributed by atoms with E-state index in [1.807, 2.05) is 146 Å². The minimum absolute atomic E-state index is 0. The predicted molar refractivity (Wildman–Crippen MR) is 123 cm³/mol. The minimum Gasteiger partial charge on any atom is -0.114 e. The van der Waals surface area contributed by atoms with E-state index >= 15 is 0 Å². The Hall–Kier alpha value is -2.64. The summed E-state index contributed by atoms with van der Waals surface area (Å²) in [6, 6.07) is 48.0. The molecule has 0 saturated heterocycles. The molecule has 0 amide bonds. The Morgan fingerprint density at radius 1 is 0.154 bits per heavy atom. The second-order valence-electron chi connectivity index (χ2n) is 4.62. The monoisotopic (exact) mass is 408 g/mol. The number of hydrogen-bond acceptors (Lipinski definition) is 0. The van der Waals surface area contributed by atoms with Crippen molar-refractivity contribution in [2.24, 2.45) is 0 Å². The highest BCUT2D eigenvalue weighted by Crippen LogP contribution is 1.81. The molecular formula is C25H29Br. The Balaban J connectivity index is 0. The van der Waals surface area contributed by atoms with Crippen LogP contribution in [0.2, 0.25) is 0 Å². The first kappa shape index (κ1) is 25.6. The zero-order valence-corrected chi connectivity index (χ0v) is 16.0. The van der Waals surface area contributed by atoms with Gasteiger partial charge in [0.25, 0.3) is 0 Å². The van der Waals surface area contributed by atoms with Crippen LogP contribution in [0.15, 0.2) is 146 Å². The largest absolute Gasteiger partial charge is 0.114 e. The van der Waals surface area contributed by atoms with E-state index in [1.54, 1.807) is 0 Å². The smallest absolute Gasteiger partial charge is 0.0623 e. The van der Waals surface area contributed by atoms with Crippen molar-refractivity contribution in [3.63, 3.8) is 0 Å². The van der Waals surface area contributed by atoms with Gasteiger partial charge in [0.1, 0.15) is 0 Å². The number of benzene rings is 4. The summed E-state index contributed by atoms with van der Waals surface area (Å²) < 4.78 is 0. The van der Waals surface area contributed by atoms with Gasteiger partial charge in [0.2, 0.25) is 0 Å². The number of rotatable bonds is 0. The second-order valence-corrected chi connectivity index (χ2v) is 4.62. The van der Waals surface area contributed by atoms with Crippen LogP contribution in [0.3, 0.4) is 0 Å². The fraction of sp³-hybridized carbons (Fsp3) is 0.0400. The van der Waals surface area contributed by atoms with Crippen LogP contribution in [0.1, 0.15) is 7.43 Å². The van der Waals surface area contributed by atoms with Crippen molar-refractivity contribution in [3.8, 4) is 0 Å². The molecule has 0 fully saturated rings. The third-order valence-electron chi connectivity index (χ3n) is 2.67. The average molecular weight is 409 g/mol. The Labute approximate surface area is 170 Å². The zero-order chi connectivity index (χ0) is 17.0. The molecule has 4 aromatic rings. The highest BCUT2D eigenvalue weighted by Gasteiger charge is 1.59. The fourth-order valence-electron chi connectivity index (χ4n) is 1.54. The second kappa shape index (κ2) is 22.4. The van der Waals surface area contributed by atoms with Gasteiger partial charge in [-0.25, -0.2) is 0 Å². The molecule has 0 bridgehead atoms. The van der Waals surface area contributed by atoms with Crippen molar-refractivity contribution < 1.29 is 0 Å². The van der Waals surface area contributed by atoms with Gasteiger partial charge in [-0.05, 0) is 0 Å². The lowest BCUT2D eigenvalue weighted by Crippen LogP contribution is -1.47. The van der Waals surface area contributed by atoms with Crippen molar-refractivity contribution >= 4 is 17.0 Å². The highest BCUT2D eigenvalue weighted by molar-refractivity contribution is 8.93. The highest BCUT2D eigenvalue weighted by atomic mass is 79.9. The molecule has 136 valence electrons. The molecular weight excluding hydrogens is 380 g/mol. The average Bonchev–Trinajstić information content (AvgIpc) is 2.75. The molecule has 0 N–H and O–H groups in total. The van der Waals surface area contributed by atoms with E-state index in [-0.39, 0.29) is 24.4 Å². The lowest BCUT2D eigenvalue weighted by Gasteiger charge is -1.69. The van der Waals surface area contributed by atoms with Crippen LogP contribution in [0.25, 0.3) is 0 Å². The van der Waals surface area contributed by atoms with Gasteiger partial charge >= 0.3 is 0 Å². The molecule has 0 nitrogen and oxygen atoms in total. The van der Waals surface area contributed by atoms with Crippen LogP contribution < -0.4 is 0 Å². The van der Waals surface area contributed by atoms with E-state index < -0.39 is 0 Å². The minimum atomic E-state index is 0. The summed E-state index contributed by atoms with van der Waals surface area (Å²) in [6.07, 6.45) is 0. The van der Waals surface area contributed by atoms with Gasteiger partial charge in [0.15, 0.2) is 0 Å². The van der Waals surface area contributed by atoms with Crippen LogP contribution in [0, 0.1) is 0 Å². The molecule has 4 aromatic carbocycles. The molecule has 0 aliphatic rings. The number of halogens is 1. The summed E-state index contributed by atoms with van der Waals surface area (Å²) in [4.78, 5) is 0. The lowest BCUT2D eigenvalue weighted by atomic mass is 10.4. The first-order valence-corrected chi connectivity index (χ1v) is 8.00. The molecule has 0 atom stereocenters. The van der Waals surface area contributed by atoms with Crippen LogP contribution in [0.5, 0.6) is 0 Å². The molecule has 0 saturated carbocycles. The summed E-state index contributed by atoms with van der Waals surface area (Å²) in [5.74, 6) is 0. The van der Waals surface area contributed by atoms with Crippen LogP contribution >= 0.6 is 17.0 Å². The van der Waals surface area contributed by atoms with E-state index in [1.165, 1.54) is 0 Å². The normalized spacial score (nSPS) is 7.38. The van der Waals surface area contributed by atoms with Crippen LogP contribution in [0.4, 0.5) is 0 Å². The summed E-state index contributed by atoms with van der Waals surface area (Å²) in [5.41, 5.74) is 0. The van der Waals surface area contributed by atoms with Crippen LogP contribution in [-0.4, -0.2) is 0 Å². The van der Waals surface area contributed by atoms with E-state index in [2.05, 4.69) is 0 Å². The summed E-state index contributed by atoms with van der Waals surface area (Å²) >= 11 is 0. The van der Waals surface area contributed by atoms with Gasteiger partial charge in [-0.15, -0.1) is 17.0 Å². The van der Waals surface area contributed by atoms with Crippen LogP contribution in [-0.2, 0) is 0 Å². The van der Waals surface area contributed by atoms with Gasteiger partial charge in [-0.1, -0.05) is 153 Å². The van der Waals surface area contributed by atoms with Crippen molar-refractivity contribution in [2.45, 2.75) is 7.43 Å². The maximum Gasteiger partial charge on any atom is -0.0623 e. The molecule has 1 heteroatoms. The Kier molecular flexibility index (Phi) is 22.0. The Morgan fingerprint density at radius 2 is 0.192 bits per heavy atom. The molecule has 0 aliphatic heterocycles. The topological polar surface area (TPSA) is 0 Å². The molecule has 0 aromatic heterocycles. The van der Waals surface area contributed by atoms with Gasteiger partial charge in [0.05, 0.1) is 0 Å². The van der Waals surface area contributed by atoms with Gasteiger partial charge in [-0.2, -0.15) is 0 Å². The third kappa shape index (κ3) is 19.4. The Bertz CT molecular complexity index is 420. The van der Waals surface area contributed by atoms with E-state index in [0.717, 1.165) is 0 Å². The standard InChI is InChI=1S/4C6H6.CH4.BrH/c4*1-2-4-6-5-3-1;;/h4*1-6H;1H4;1H. The van der Waals surface area contributed by atoms with Gasteiger partial charge in [-0.3, -0.25) is 0 Å². The van der Waals surface area contributed by atoms with Crippen molar-refractivity contribution in [1.82, 2.24) is 0 Å². The van der Waals surface area contributed by atoms with Crippen molar-refractivity contribution in [2.75, 3.05) is 0 Å². The quantitative estimate of drug-likeness (QED) is 0.276. The summed E-state index contributed by atoms with van der Waals surface area (Å²) in [5, 5.41) is 0. The molecule has 0 unspecified atom stereocenters. The van der Waals surface area contributed by atoms with E-state index in [0.29, 0.717) is 0 Å². The molecule has 0 heterocycles. The maximum absolute atomic E-state index is 2.00. The summed E-state index contributed by atoms with van der Waals surface area (Å²) in [6.45, 7) is 0. The first-order chi connectivity index (χ1) is 12.0. The van der Waals surface area contributed by atoms with Gasteiger partial charge in [0, 0.05) is 0 Å². The number of hydrogen-bond donors (Lipinski definition) is 0. The van der Waals surface area contributed by atoms with E-state index in [9.17, 15) is 0 Å². The van der Waals surface area contributed by atoms with Crippen molar-refractivity contribution in [1.29, 1.82) is 0 Å². The third-order valence-corrected chi connectivity index (χ3v) is 2.67. The molecule has 0 radical (unpaired) electrons. The fourth-order valence-corrected chi connectivity index (χ4v) is 1.54. The van der Waals surface area contributed by atoms with E-state index in [4.69, 9.17) is 0 Å².